The molecule has 3 aliphatic rings. The predicted molar refractivity (Wildman–Crippen MR) is 121 cm³/mol. The topological polar surface area (TPSA) is 107 Å². The molecule has 3 aliphatic heterocycles. The van der Waals surface area contributed by atoms with Gasteiger partial charge in [0, 0.05) is 70.4 Å². The summed E-state index contributed by atoms with van der Waals surface area (Å²) in [5.74, 6) is 0.805. The molecule has 4 rings (SSSR count). The van der Waals surface area contributed by atoms with Crippen molar-refractivity contribution in [2.75, 3.05) is 61.4 Å². The number of carbonyl (C=O) groups excluding carboxylic acids is 2. The van der Waals surface area contributed by atoms with Crippen molar-refractivity contribution in [3.05, 3.63) is 11.8 Å². The third kappa shape index (κ3) is 5.20. The maximum Gasteiger partial charge on any atom is 0.229 e. The number of carbonyl (C=O) groups is 2. The molecule has 0 radical (unpaired) electrons. The highest BCUT2D eigenvalue weighted by Crippen LogP contribution is 2.22. The molecule has 11 heteroatoms. The number of aromatic nitrogens is 2. The summed E-state index contributed by atoms with van der Waals surface area (Å²) in [5, 5.41) is 0. The zero-order chi connectivity index (χ0) is 22.7. The number of amides is 2. The van der Waals surface area contributed by atoms with Gasteiger partial charge in [0.1, 0.15) is 5.82 Å². The Hall–Kier alpha value is -2.27. The molecule has 0 aliphatic carbocycles. The molecule has 3 saturated heterocycles. The van der Waals surface area contributed by atoms with E-state index in [1.54, 1.807) is 0 Å². The molecule has 3 fully saturated rings. The molecule has 2 amide bonds. The van der Waals surface area contributed by atoms with E-state index in [1.807, 2.05) is 17.9 Å². The third-order valence-electron chi connectivity index (χ3n) is 6.38. The van der Waals surface area contributed by atoms with Crippen LogP contribution in [0, 0.1) is 6.92 Å². The summed E-state index contributed by atoms with van der Waals surface area (Å²) < 4.78 is 27.1. The molecule has 4 heterocycles. The first-order valence-corrected chi connectivity index (χ1v) is 13.1. The standard InChI is InChI=1S/C21H32N6O4S/c1-17-16-18(24-8-3-2-4-9-24)23-21(22-17)25-10-12-26(13-11-25)32(30,31)15-14-27-19(28)6-5-7-20(27)29/h16H,2-15H2,1H3. The fraction of sp³-hybridized carbons (Fsp3) is 0.714. The number of piperidine rings is 2. The number of sulfonamides is 1. The second kappa shape index (κ2) is 9.70. The van der Waals surface area contributed by atoms with Gasteiger partial charge in [0.05, 0.1) is 5.75 Å². The van der Waals surface area contributed by atoms with Crippen LogP contribution in [0.15, 0.2) is 6.07 Å². The fourth-order valence-electron chi connectivity index (χ4n) is 4.51. The fourth-order valence-corrected chi connectivity index (χ4v) is 5.91. The number of hydrogen-bond acceptors (Lipinski definition) is 8. The lowest BCUT2D eigenvalue weighted by atomic mass is 10.1. The number of imide groups is 1. The van der Waals surface area contributed by atoms with Crippen LogP contribution in [0.1, 0.15) is 44.2 Å². The van der Waals surface area contributed by atoms with Crippen LogP contribution < -0.4 is 9.80 Å². The number of piperazine rings is 1. The van der Waals surface area contributed by atoms with E-state index in [2.05, 4.69) is 9.88 Å². The Morgan fingerprint density at radius 3 is 2.16 bits per heavy atom. The Labute approximate surface area is 189 Å². The Bertz CT molecular complexity index is 939. The highest BCUT2D eigenvalue weighted by molar-refractivity contribution is 7.89. The number of nitrogens with zero attached hydrogens (tertiary/aromatic N) is 6. The van der Waals surface area contributed by atoms with Gasteiger partial charge >= 0.3 is 0 Å². The minimum atomic E-state index is -3.56. The minimum absolute atomic E-state index is 0.0690. The quantitative estimate of drug-likeness (QED) is 0.568. The van der Waals surface area contributed by atoms with Gasteiger partial charge in [0.15, 0.2) is 0 Å². The van der Waals surface area contributed by atoms with Crippen LogP contribution in [0.3, 0.4) is 0 Å². The van der Waals surface area contributed by atoms with Crippen molar-refractivity contribution >= 4 is 33.6 Å². The monoisotopic (exact) mass is 464 g/mol. The van der Waals surface area contributed by atoms with Crippen LogP contribution in [0.25, 0.3) is 0 Å². The van der Waals surface area contributed by atoms with E-state index in [1.165, 1.54) is 23.6 Å². The van der Waals surface area contributed by atoms with Crippen LogP contribution in [-0.4, -0.2) is 91.0 Å². The number of rotatable bonds is 6. The molecule has 0 atom stereocenters. The zero-order valence-electron chi connectivity index (χ0n) is 18.7. The summed E-state index contributed by atoms with van der Waals surface area (Å²) in [6.07, 6.45) is 4.75. The highest BCUT2D eigenvalue weighted by atomic mass is 32.2. The van der Waals surface area contributed by atoms with Crippen molar-refractivity contribution in [1.29, 1.82) is 0 Å². The van der Waals surface area contributed by atoms with Crippen molar-refractivity contribution in [1.82, 2.24) is 19.2 Å². The van der Waals surface area contributed by atoms with E-state index < -0.39 is 10.0 Å². The molecule has 176 valence electrons. The van der Waals surface area contributed by atoms with Crippen molar-refractivity contribution in [2.24, 2.45) is 0 Å². The van der Waals surface area contributed by atoms with Gasteiger partial charge in [0.25, 0.3) is 0 Å². The van der Waals surface area contributed by atoms with E-state index in [-0.39, 0.29) is 24.1 Å². The third-order valence-corrected chi connectivity index (χ3v) is 8.23. The average Bonchev–Trinajstić information content (AvgIpc) is 2.79. The highest BCUT2D eigenvalue weighted by Gasteiger charge is 2.31. The molecular formula is C21H32N6O4S. The SMILES string of the molecule is Cc1cc(N2CCCCC2)nc(N2CCN(S(=O)(=O)CCN3C(=O)CCCC3=O)CC2)n1. The molecule has 1 aromatic heterocycles. The predicted octanol–water partition coefficient (Wildman–Crippen LogP) is 0.766. The normalized spacial score (nSPS) is 21.3. The molecule has 1 aromatic rings. The number of anilines is 2. The van der Waals surface area contributed by atoms with E-state index >= 15 is 0 Å². The Kier molecular flexibility index (Phi) is 6.94. The van der Waals surface area contributed by atoms with Crippen LogP contribution in [-0.2, 0) is 19.6 Å². The molecule has 32 heavy (non-hydrogen) atoms. The Morgan fingerprint density at radius 2 is 1.50 bits per heavy atom. The van der Waals surface area contributed by atoms with Crippen molar-refractivity contribution in [3.8, 4) is 0 Å². The average molecular weight is 465 g/mol. The van der Waals surface area contributed by atoms with Gasteiger partial charge in [0.2, 0.25) is 27.8 Å². The first-order chi connectivity index (χ1) is 15.3. The van der Waals surface area contributed by atoms with Crippen LogP contribution >= 0.6 is 0 Å². The van der Waals surface area contributed by atoms with Gasteiger partial charge < -0.3 is 9.80 Å². The van der Waals surface area contributed by atoms with Gasteiger partial charge in [-0.05, 0) is 32.6 Å². The van der Waals surface area contributed by atoms with E-state index in [4.69, 9.17) is 4.98 Å². The molecule has 0 bridgehead atoms. The first-order valence-electron chi connectivity index (χ1n) is 11.5. The molecular weight excluding hydrogens is 432 g/mol. The summed E-state index contributed by atoms with van der Waals surface area (Å²) in [4.78, 5) is 38.7. The van der Waals surface area contributed by atoms with Gasteiger partial charge in [-0.15, -0.1) is 0 Å². The van der Waals surface area contributed by atoms with E-state index in [0.29, 0.717) is 51.4 Å². The van der Waals surface area contributed by atoms with Crippen LogP contribution in [0.2, 0.25) is 0 Å². The van der Waals surface area contributed by atoms with E-state index in [9.17, 15) is 18.0 Å². The second-order valence-corrected chi connectivity index (χ2v) is 10.8. The number of aryl methyl sites for hydroxylation is 1. The lowest BCUT2D eigenvalue weighted by molar-refractivity contribution is -0.147. The molecule has 0 spiro atoms. The number of likely N-dealkylation sites (tertiary alicyclic amines) is 1. The van der Waals surface area contributed by atoms with Crippen LogP contribution in [0.4, 0.5) is 11.8 Å². The molecule has 10 nitrogen and oxygen atoms in total. The lowest BCUT2D eigenvalue weighted by Gasteiger charge is -2.35. The largest absolute Gasteiger partial charge is 0.356 e. The molecule has 0 aromatic carbocycles. The minimum Gasteiger partial charge on any atom is -0.356 e. The Morgan fingerprint density at radius 1 is 0.844 bits per heavy atom. The molecule has 0 unspecified atom stereocenters. The number of hydrogen-bond donors (Lipinski definition) is 0. The second-order valence-electron chi connectivity index (χ2n) is 8.71. The van der Waals surface area contributed by atoms with Crippen LogP contribution in [0.5, 0.6) is 0 Å². The smallest absolute Gasteiger partial charge is 0.229 e. The van der Waals surface area contributed by atoms with Gasteiger partial charge in [-0.1, -0.05) is 0 Å². The summed E-state index contributed by atoms with van der Waals surface area (Å²) in [6.45, 7) is 5.57. The molecule has 0 saturated carbocycles. The first kappa shape index (κ1) is 22.9. The summed E-state index contributed by atoms with van der Waals surface area (Å²) >= 11 is 0. The van der Waals surface area contributed by atoms with Crippen molar-refractivity contribution < 1.29 is 18.0 Å². The summed E-state index contributed by atoms with van der Waals surface area (Å²) in [5.41, 5.74) is 0.904. The van der Waals surface area contributed by atoms with Gasteiger partial charge in [-0.25, -0.2) is 13.4 Å². The Balaban J connectivity index is 1.35. The van der Waals surface area contributed by atoms with Gasteiger partial charge in [-0.3, -0.25) is 14.5 Å². The zero-order valence-corrected chi connectivity index (χ0v) is 19.5. The lowest BCUT2D eigenvalue weighted by Crippen LogP contribution is -2.51. The maximum absolute atomic E-state index is 12.8. The van der Waals surface area contributed by atoms with E-state index in [0.717, 1.165) is 29.5 Å². The molecule has 0 N–H and O–H groups in total. The van der Waals surface area contributed by atoms with Gasteiger partial charge in [-0.2, -0.15) is 9.29 Å². The van der Waals surface area contributed by atoms with Crippen molar-refractivity contribution in [3.63, 3.8) is 0 Å². The van der Waals surface area contributed by atoms with Crippen molar-refractivity contribution in [2.45, 2.75) is 45.4 Å². The maximum atomic E-state index is 12.8. The summed E-state index contributed by atoms with van der Waals surface area (Å²) in [6, 6.07) is 2.01. The summed E-state index contributed by atoms with van der Waals surface area (Å²) in [7, 11) is -3.56.